The van der Waals surface area contributed by atoms with Crippen molar-refractivity contribution in [1.29, 1.82) is 0 Å². The van der Waals surface area contributed by atoms with Gasteiger partial charge >= 0.3 is 0 Å². The lowest BCUT2D eigenvalue weighted by atomic mass is 10.2. The number of pyridine rings is 1. The van der Waals surface area contributed by atoms with Gasteiger partial charge in [0.05, 0.1) is 6.20 Å². The topological polar surface area (TPSA) is 70.7 Å². The molecule has 0 radical (unpaired) electrons. The van der Waals surface area contributed by atoms with Crippen LogP contribution in [0.1, 0.15) is 35.5 Å². The maximum absolute atomic E-state index is 12.2. The Bertz CT molecular complexity index is 594. The molecule has 2 heterocycles. The molecule has 6 heteroatoms. The lowest BCUT2D eigenvalue weighted by Crippen LogP contribution is -2.14. The maximum atomic E-state index is 12.2. The Hall–Kier alpha value is -1.88. The number of hydrogen-bond acceptors (Lipinski definition) is 3. The number of carbonyl (C=O) groups is 1. The van der Waals surface area contributed by atoms with Gasteiger partial charge in [-0.3, -0.25) is 9.89 Å². The molecule has 2 aromatic rings. The zero-order valence-electron chi connectivity index (χ0n) is 10.8. The van der Waals surface area contributed by atoms with Gasteiger partial charge in [-0.15, -0.1) is 0 Å². The van der Waals surface area contributed by atoms with E-state index in [1.165, 1.54) is 0 Å². The predicted molar refractivity (Wildman–Crippen MR) is 74.5 cm³/mol. The summed E-state index contributed by atoms with van der Waals surface area (Å²) in [6, 6.07) is 3.29. The number of nitrogens with one attached hydrogen (secondary N) is 2. The second kappa shape index (κ2) is 5.84. The van der Waals surface area contributed by atoms with Crippen LogP contribution < -0.4 is 5.32 Å². The lowest BCUT2D eigenvalue weighted by molar-refractivity contribution is 0.102. The molecule has 0 unspecified atom stereocenters. The maximum Gasteiger partial charge on any atom is 0.256 e. The molecule has 100 valence electrons. The van der Waals surface area contributed by atoms with Crippen molar-refractivity contribution < 1.29 is 4.79 Å². The van der Waals surface area contributed by atoms with Crippen LogP contribution in [0.25, 0.3) is 0 Å². The number of rotatable bonds is 4. The number of hydrogen-bond donors (Lipinski definition) is 2. The number of halogens is 1. The first-order chi connectivity index (χ1) is 9.13. The molecule has 0 fully saturated rings. The third kappa shape index (κ3) is 3.12. The highest BCUT2D eigenvalue weighted by Gasteiger charge is 2.12. The Morgan fingerprint density at radius 1 is 1.37 bits per heavy atom. The van der Waals surface area contributed by atoms with Crippen LogP contribution in [0.3, 0.4) is 0 Å². The molecule has 0 aliphatic rings. The van der Waals surface area contributed by atoms with Crippen molar-refractivity contribution in [2.24, 2.45) is 0 Å². The molecule has 0 atom stereocenters. The fraction of sp³-hybridized carbons (Fsp3) is 0.308. The second-order valence-corrected chi connectivity index (χ2v) is 4.49. The van der Waals surface area contributed by atoms with E-state index in [0.717, 1.165) is 24.1 Å². The number of anilines is 1. The van der Waals surface area contributed by atoms with Crippen LogP contribution in [-0.4, -0.2) is 21.1 Å². The quantitative estimate of drug-likeness (QED) is 0.845. The zero-order chi connectivity index (χ0) is 13.8. The van der Waals surface area contributed by atoms with Crippen molar-refractivity contribution in [3.8, 4) is 0 Å². The first kappa shape index (κ1) is 13.5. The van der Waals surface area contributed by atoms with Crippen LogP contribution in [0.5, 0.6) is 0 Å². The van der Waals surface area contributed by atoms with Crippen molar-refractivity contribution in [3.05, 3.63) is 40.3 Å². The van der Waals surface area contributed by atoms with E-state index in [1.807, 2.05) is 13.8 Å². The lowest BCUT2D eigenvalue weighted by Gasteiger charge is -2.06. The van der Waals surface area contributed by atoms with Gasteiger partial charge in [0.25, 0.3) is 5.91 Å². The number of aromatic nitrogens is 3. The highest BCUT2D eigenvalue weighted by molar-refractivity contribution is 6.29. The molecule has 19 heavy (non-hydrogen) atoms. The van der Waals surface area contributed by atoms with Crippen molar-refractivity contribution in [3.63, 3.8) is 0 Å². The first-order valence-corrected chi connectivity index (χ1v) is 6.51. The van der Waals surface area contributed by atoms with Gasteiger partial charge in [0.2, 0.25) is 0 Å². The van der Waals surface area contributed by atoms with E-state index >= 15 is 0 Å². The molecule has 1 amide bonds. The molecular weight excluding hydrogens is 264 g/mol. The van der Waals surface area contributed by atoms with Gasteiger partial charge in [-0.05, 0) is 25.0 Å². The average molecular weight is 279 g/mol. The van der Waals surface area contributed by atoms with Gasteiger partial charge in [-0.1, -0.05) is 25.4 Å². The zero-order valence-corrected chi connectivity index (χ0v) is 11.6. The minimum absolute atomic E-state index is 0.224. The smallest absolute Gasteiger partial charge is 0.256 e. The summed E-state index contributed by atoms with van der Waals surface area (Å²) in [5.74, 6) is 0.399. The van der Waals surface area contributed by atoms with Gasteiger partial charge in [0.1, 0.15) is 11.0 Å². The van der Waals surface area contributed by atoms with Crippen molar-refractivity contribution in [2.75, 3.05) is 5.32 Å². The first-order valence-electron chi connectivity index (χ1n) is 6.14. The van der Waals surface area contributed by atoms with E-state index in [9.17, 15) is 4.79 Å². The summed E-state index contributed by atoms with van der Waals surface area (Å²) in [7, 11) is 0. The number of aryl methyl sites for hydroxylation is 2. The number of H-pyrrole nitrogens is 1. The van der Waals surface area contributed by atoms with Crippen LogP contribution in [0.15, 0.2) is 18.3 Å². The van der Waals surface area contributed by atoms with Gasteiger partial charge < -0.3 is 5.32 Å². The van der Waals surface area contributed by atoms with E-state index in [0.29, 0.717) is 16.5 Å². The fourth-order valence-electron chi connectivity index (χ4n) is 1.74. The number of carbonyl (C=O) groups excluding carboxylic acids is 1. The summed E-state index contributed by atoms with van der Waals surface area (Å²) in [4.78, 5) is 16.3. The van der Waals surface area contributed by atoms with Crippen LogP contribution >= 0.6 is 11.6 Å². The Balaban J connectivity index is 2.22. The third-order valence-electron chi connectivity index (χ3n) is 2.81. The Labute approximate surface area is 116 Å². The molecule has 0 aromatic carbocycles. The van der Waals surface area contributed by atoms with Crippen LogP contribution in [0.4, 0.5) is 5.82 Å². The highest BCUT2D eigenvalue weighted by atomic mass is 35.5. The summed E-state index contributed by atoms with van der Waals surface area (Å²) in [5, 5.41) is 9.80. The van der Waals surface area contributed by atoms with Crippen molar-refractivity contribution >= 4 is 23.3 Å². The highest BCUT2D eigenvalue weighted by Crippen LogP contribution is 2.15. The number of nitrogens with zero attached hydrogens (tertiary/aromatic N) is 2. The molecule has 2 aromatic heterocycles. The monoisotopic (exact) mass is 278 g/mol. The van der Waals surface area contributed by atoms with Gasteiger partial charge in [-0.2, -0.15) is 5.10 Å². The summed E-state index contributed by atoms with van der Waals surface area (Å²) >= 11 is 5.90. The van der Waals surface area contributed by atoms with E-state index < -0.39 is 0 Å². The third-order valence-corrected chi connectivity index (χ3v) is 3.00. The van der Waals surface area contributed by atoms with Crippen molar-refractivity contribution in [1.82, 2.24) is 15.2 Å². The van der Waals surface area contributed by atoms with Gasteiger partial charge in [0, 0.05) is 16.8 Å². The molecule has 0 saturated heterocycles. The average Bonchev–Trinajstić information content (AvgIpc) is 2.85. The Kier molecular flexibility index (Phi) is 4.16. The Morgan fingerprint density at radius 2 is 2.16 bits per heavy atom. The molecule has 0 aliphatic carbocycles. The Morgan fingerprint density at radius 3 is 2.84 bits per heavy atom. The summed E-state index contributed by atoms with van der Waals surface area (Å²) in [6.45, 7) is 3.96. The van der Waals surface area contributed by atoms with Crippen LogP contribution in [0.2, 0.25) is 5.15 Å². The number of aromatic amines is 1. The van der Waals surface area contributed by atoms with E-state index in [2.05, 4.69) is 20.5 Å². The van der Waals surface area contributed by atoms with Crippen molar-refractivity contribution in [2.45, 2.75) is 26.7 Å². The minimum atomic E-state index is -0.224. The standard InChI is InChI=1S/C13H15ClN4O/c1-3-8-7-15-18-12(8)17-13(19)9-5-10(4-2)16-11(14)6-9/h5-7H,3-4H2,1-2H3,(H2,15,17,18,19). The number of amides is 1. The summed E-state index contributed by atoms with van der Waals surface area (Å²) in [6.07, 6.45) is 3.22. The second-order valence-electron chi connectivity index (χ2n) is 4.10. The molecule has 0 aliphatic heterocycles. The summed E-state index contributed by atoms with van der Waals surface area (Å²) < 4.78 is 0. The van der Waals surface area contributed by atoms with E-state index in [-0.39, 0.29) is 5.91 Å². The molecule has 0 bridgehead atoms. The fourth-order valence-corrected chi connectivity index (χ4v) is 1.96. The van der Waals surface area contributed by atoms with E-state index in [1.54, 1.807) is 18.3 Å². The molecule has 5 nitrogen and oxygen atoms in total. The summed E-state index contributed by atoms with van der Waals surface area (Å²) in [5.41, 5.74) is 2.25. The predicted octanol–water partition coefficient (Wildman–Crippen LogP) is 2.84. The SMILES string of the molecule is CCc1cc(C(=O)Nc2[nH]ncc2CC)cc(Cl)n1. The molecule has 2 rings (SSSR count). The molecule has 0 saturated carbocycles. The van der Waals surface area contributed by atoms with E-state index in [4.69, 9.17) is 11.6 Å². The van der Waals surface area contributed by atoms with Gasteiger partial charge in [-0.25, -0.2) is 4.98 Å². The molecule has 0 spiro atoms. The largest absolute Gasteiger partial charge is 0.307 e. The van der Waals surface area contributed by atoms with Crippen LogP contribution in [-0.2, 0) is 12.8 Å². The molecular formula is C13H15ClN4O. The van der Waals surface area contributed by atoms with Gasteiger partial charge in [0.15, 0.2) is 0 Å². The normalized spacial score (nSPS) is 10.5. The molecule has 2 N–H and O–H groups in total. The minimum Gasteiger partial charge on any atom is -0.307 e. The van der Waals surface area contributed by atoms with Crippen LogP contribution in [0, 0.1) is 0 Å².